The number of hydrogen-bond donors (Lipinski definition) is 2. The maximum absolute atomic E-state index is 8.09. The van der Waals surface area contributed by atoms with Crippen LogP contribution >= 0.6 is 0 Å². The molecule has 1 heterocycles. The molecule has 2 aromatic rings. The Morgan fingerprint density at radius 2 is 2.00 bits per heavy atom. The van der Waals surface area contributed by atoms with Crippen LogP contribution in [0.2, 0.25) is 0 Å². The standard InChI is InChI=1S/C14H14N4/c15-7-10(14(16)9-5-6-9)13-8-17-11-3-1-2-4-12(11)18-13/h1-4,7-9,16H,5-6,15H2/b10-7-,16-14?. The molecule has 0 atom stereocenters. The van der Waals surface area contributed by atoms with E-state index in [-0.39, 0.29) is 0 Å². The first-order valence-corrected chi connectivity index (χ1v) is 6.02. The summed E-state index contributed by atoms with van der Waals surface area (Å²) in [5.41, 5.74) is 9.31. The van der Waals surface area contributed by atoms with E-state index in [1.807, 2.05) is 24.3 Å². The maximum atomic E-state index is 8.09. The Labute approximate surface area is 105 Å². The Morgan fingerprint density at radius 3 is 2.67 bits per heavy atom. The van der Waals surface area contributed by atoms with Gasteiger partial charge >= 0.3 is 0 Å². The number of nitrogens with two attached hydrogens (primary N) is 1. The van der Waals surface area contributed by atoms with Gasteiger partial charge in [-0.1, -0.05) is 12.1 Å². The van der Waals surface area contributed by atoms with Crippen molar-refractivity contribution in [2.24, 2.45) is 11.7 Å². The molecule has 0 unspecified atom stereocenters. The minimum absolute atomic E-state index is 0.355. The molecule has 4 nitrogen and oxygen atoms in total. The molecule has 0 spiro atoms. The molecule has 0 saturated heterocycles. The Hall–Kier alpha value is -2.23. The van der Waals surface area contributed by atoms with Gasteiger partial charge in [0.1, 0.15) is 0 Å². The summed E-state index contributed by atoms with van der Waals surface area (Å²) in [6, 6.07) is 7.70. The summed E-state index contributed by atoms with van der Waals surface area (Å²) < 4.78 is 0. The molecule has 3 N–H and O–H groups in total. The van der Waals surface area contributed by atoms with Gasteiger partial charge in [0, 0.05) is 23.4 Å². The van der Waals surface area contributed by atoms with E-state index in [2.05, 4.69) is 9.97 Å². The molecule has 1 aromatic heterocycles. The van der Waals surface area contributed by atoms with Crippen molar-refractivity contribution in [3.8, 4) is 0 Å². The van der Waals surface area contributed by atoms with Gasteiger partial charge in [0.25, 0.3) is 0 Å². The molecule has 1 fully saturated rings. The van der Waals surface area contributed by atoms with Crippen molar-refractivity contribution >= 4 is 22.3 Å². The van der Waals surface area contributed by atoms with Gasteiger partial charge in [0.05, 0.1) is 22.9 Å². The quantitative estimate of drug-likeness (QED) is 0.806. The van der Waals surface area contributed by atoms with Gasteiger partial charge in [-0.05, 0) is 25.0 Å². The highest BCUT2D eigenvalue weighted by Gasteiger charge is 2.29. The molecule has 0 radical (unpaired) electrons. The number of para-hydroxylation sites is 2. The lowest BCUT2D eigenvalue weighted by atomic mass is 10.0. The van der Waals surface area contributed by atoms with Gasteiger partial charge in [0.2, 0.25) is 0 Å². The topological polar surface area (TPSA) is 75.7 Å². The molecule has 0 aliphatic heterocycles. The van der Waals surface area contributed by atoms with E-state index < -0.39 is 0 Å². The van der Waals surface area contributed by atoms with E-state index in [0.29, 0.717) is 22.9 Å². The number of nitrogens with zero attached hydrogens (tertiary/aromatic N) is 2. The highest BCUT2D eigenvalue weighted by atomic mass is 14.8. The van der Waals surface area contributed by atoms with Crippen LogP contribution in [0.3, 0.4) is 0 Å². The van der Waals surface area contributed by atoms with E-state index in [0.717, 1.165) is 23.9 Å². The largest absolute Gasteiger partial charge is 0.404 e. The van der Waals surface area contributed by atoms with Gasteiger partial charge in [-0.15, -0.1) is 0 Å². The molecule has 4 heteroatoms. The number of rotatable bonds is 3. The van der Waals surface area contributed by atoms with Crippen LogP contribution in [-0.2, 0) is 0 Å². The predicted octanol–water partition coefficient (Wildman–Crippen LogP) is 2.36. The molecular weight excluding hydrogens is 224 g/mol. The summed E-state index contributed by atoms with van der Waals surface area (Å²) in [6.07, 6.45) is 5.33. The monoisotopic (exact) mass is 238 g/mol. The smallest absolute Gasteiger partial charge is 0.0925 e. The zero-order chi connectivity index (χ0) is 12.5. The summed E-state index contributed by atoms with van der Waals surface area (Å²) in [5, 5.41) is 8.09. The summed E-state index contributed by atoms with van der Waals surface area (Å²) in [6.45, 7) is 0. The lowest BCUT2D eigenvalue weighted by molar-refractivity contribution is 1.16. The van der Waals surface area contributed by atoms with Crippen molar-refractivity contribution < 1.29 is 0 Å². The summed E-state index contributed by atoms with van der Waals surface area (Å²) in [4.78, 5) is 8.88. The van der Waals surface area contributed by atoms with Crippen molar-refractivity contribution in [2.45, 2.75) is 12.8 Å². The molecule has 1 aliphatic rings. The first-order chi connectivity index (χ1) is 8.79. The normalized spacial score (nSPS) is 15.9. The molecule has 90 valence electrons. The second-order valence-electron chi connectivity index (χ2n) is 4.51. The molecule has 1 aliphatic carbocycles. The molecule has 1 aromatic carbocycles. The third-order valence-electron chi connectivity index (χ3n) is 3.17. The van der Waals surface area contributed by atoms with Gasteiger partial charge in [-0.2, -0.15) is 0 Å². The van der Waals surface area contributed by atoms with E-state index in [4.69, 9.17) is 11.1 Å². The fourth-order valence-corrected chi connectivity index (χ4v) is 1.99. The number of fused-ring (bicyclic) bond motifs is 1. The molecule has 18 heavy (non-hydrogen) atoms. The molecule has 0 amide bonds. The van der Waals surface area contributed by atoms with Crippen molar-refractivity contribution in [3.63, 3.8) is 0 Å². The van der Waals surface area contributed by atoms with Crippen LogP contribution < -0.4 is 5.73 Å². The first-order valence-electron chi connectivity index (χ1n) is 6.02. The van der Waals surface area contributed by atoms with Crippen LogP contribution in [0.5, 0.6) is 0 Å². The number of hydrogen-bond acceptors (Lipinski definition) is 4. The van der Waals surface area contributed by atoms with Gasteiger partial charge in [0.15, 0.2) is 0 Å². The van der Waals surface area contributed by atoms with Crippen molar-refractivity contribution in [3.05, 3.63) is 42.4 Å². The van der Waals surface area contributed by atoms with E-state index >= 15 is 0 Å². The Bertz CT molecular complexity index is 641. The number of nitrogens with one attached hydrogen (secondary N) is 1. The van der Waals surface area contributed by atoms with Crippen LogP contribution in [0.25, 0.3) is 16.6 Å². The van der Waals surface area contributed by atoms with E-state index in [1.165, 1.54) is 6.20 Å². The third kappa shape index (κ3) is 1.86. The Morgan fingerprint density at radius 1 is 1.28 bits per heavy atom. The maximum Gasteiger partial charge on any atom is 0.0925 e. The van der Waals surface area contributed by atoms with Crippen LogP contribution in [0.4, 0.5) is 0 Å². The first kappa shape index (κ1) is 10.9. The zero-order valence-corrected chi connectivity index (χ0v) is 9.93. The SMILES string of the molecule is N=C(/C(=C\N)c1cnc2ccccc2n1)C1CC1. The fourth-order valence-electron chi connectivity index (χ4n) is 1.99. The highest BCUT2D eigenvalue weighted by molar-refractivity contribution is 6.23. The molecule has 0 bridgehead atoms. The molecule has 3 rings (SSSR count). The summed E-state index contributed by atoms with van der Waals surface area (Å²) in [7, 11) is 0. The predicted molar refractivity (Wildman–Crippen MR) is 72.2 cm³/mol. The average Bonchev–Trinajstić information content (AvgIpc) is 3.23. The van der Waals surface area contributed by atoms with Gasteiger partial charge in [-0.25, -0.2) is 4.98 Å². The van der Waals surface area contributed by atoms with E-state index in [1.54, 1.807) is 6.20 Å². The minimum atomic E-state index is 0.355. The van der Waals surface area contributed by atoms with Crippen molar-refractivity contribution in [2.75, 3.05) is 0 Å². The van der Waals surface area contributed by atoms with Crippen LogP contribution in [0, 0.1) is 11.3 Å². The Balaban J connectivity index is 2.04. The fraction of sp³-hybridized carbons (Fsp3) is 0.214. The average molecular weight is 238 g/mol. The van der Waals surface area contributed by atoms with E-state index in [9.17, 15) is 0 Å². The number of allylic oxidation sites excluding steroid dienone is 1. The molecular formula is C14H14N4. The highest BCUT2D eigenvalue weighted by Crippen LogP contribution is 2.34. The van der Waals surface area contributed by atoms with Gasteiger partial charge < -0.3 is 11.1 Å². The molecule has 1 saturated carbocycles. The lowest BCUT2D eigenvalue weighted by Crippen LogP contribution is -2.07. The van der Waals surface area contributed by atoms with Crippen molar-refractivity contribution in [1.29, 1.82) is 5.41 Å². The van der Waals surface area contributed by atoms with Crippen LogP contribution in [-0.4, -0.2) is 15.7 Å². The zero-order valence-electron chi connectivity index (χ0n) is 9.93. The minimum Gasteiger partial charge on any atom is -0.404 e. The lowest BCUT2D eigenvalue weighted by Gasteiger charge is -2.07. The Kier molecular flexibility index (Phi) is 2.55. The second kappa shape index (κ2) is 4.22. The third-order valence-corrected chi connectivity index (χ3v) is 3.17. The van der Waals surface area contributed by atoms with Crippen LogP contribution in [0.1, 0.15) is 18.5 Å². The summed E-state index contributed by atoms with van der Waals surface area (Å²) in [5.74, 6) is 0.355. The van der Waals surface area contributed by atoms with Gasteiger partial charge in [-0.3, -0.25) is 4.98 Å². The summed E-state index contributed by atoms with van der Waals surface area (Å²) >= 11 is 0. The van der Waals surface area contributed by atoms with Crippen molar-refractivity contribution in [1.82, 2.24) is 9.97 Å². The number of benzene rings is 1. The number of aromatic nitrogens is 2. The second-order valence-corrected chi connectivity index (χ2v) is 4.51. The van der Waals surface area contributed by atoms with Crippen LogP contribution in [0.15, 0.2) is 36.7 Å².